The van der Waals surface area contributed by atoms with Crippen LogP contribution in [0, 0.1) is 5.82 Å². The summed E-state index contributed by atoms with van der Waals surface area (Å²) in [5.74, 6) is -4.16. The molecule has 0 aliphatic carbocycles. The molecule has 2 N–H and O–H groups in total. The monoisotopic (exact) mass is 303 g/mol. The molecule has 0 saturated heterocycles. The highest BCUT2D eigenvalue weighted by atomic mass is 32.2. The third kappa shape index (κ3) is 4.02. The molecule has 0 saturated carbocycles. The number of carbonyl (C=O) groups excluding carboxylic acids is 1. The van der Waals surface area contributed by atoms with Gasteiger partial charge in [0.1, 0.15) is 16.5 Å². The van der Waals surface area contributed by atoms with Crippen LogP contribution >= 0.6 is 0 Å². The van der Waals surface area contributed by atoms with E-state index in [0.717, 1.165) is 12.1 Å². The van der Waals surface area contributed by atoms with Crippen molar-refractivity contribution in [2.75, 3.05) is 12.3 Å². The zero-order chi connectivity index (χ0) is 15.3. The molecule has 6 nitrogen and oxygen atoms in total. The van der Waals surface area contributed by atoms with Crippen molar-refractivity contribution in [3.8, 4) is 0 Å². The zero-order valence-corrected chi connectivity index (χ0v) is 11.5. The molecule has 1 aromatic carbocycles. The lowest BCUT2D eigenvalue weighted by atomic mass is 10.2. The summed E-state index contributed by atoms with van der Waals surface area (Å²) in [6, 6.07) is 2.43. The molecular weight excluding hydrogens is 289 g/mol. The Morgan fingerprint density at radius 1 is 1.35 bits per heavy atom. The molecule has 0 aliphatic heterocycles. The lowest BCUT2D eigenvalue weighted by Crippen LogP contribution is -2.31. The molecule has 0 spiro atoms. The molecule has 0 aliphatic rings. The van der Waals surface area contributed by atoms with Gasteiger partial charge in [-0.2, -0.15) is 0 Å². The lowest BCUT2D eigenvalue weighted by molar-refractivity contribution is -0.118. The van der Waals surface area contributed by atoms with Crippen LogP contribution < -0.4 is 5.32 Å². The van der Waals surface area contributed by atoms with Crippen LogP contribution in [0.1, 0.15) is 23.7 Å². The van der Waals surface area contributed by atoms with E-state index in [1.807, 2.05) is 0 Å². The zero-order valence-electron chi connectivity index (χ0n) is 10.7. The van der Waals surface area contributed by atoms with Gasteiger partial charge in [-0.05, 0) is 24.6 Å². The Bertz CT molecular complexity index is 627. The Labute approximate surface area is 115 Å². The highest BCUT2D eigenvalue weighted by Gasteiger charge is 2.23. The van der Waals surface area contributed by atoms with Crippen molar-refractivity contribution < 1.29 is 27.5 Å². The number of nitrogens with one attached hydrogen (secondary N) is 1. The molecule has 0 fully saturated rings. The summed E-state index contributed by atoms with van der Waals surface area (Å²) in [5.41, 5.74) is -0.364. The quantitative estimate of drug-likeness (QED) is 0.810. The van der Waals surface area contributed by atoms with Gasteiger partial charge in [-0.25, -0.2) is 17.6 Å². The van der Waals surface area contributed by atoms with Crippen LogP contribution in [0.5, 0.6) is 0 Å². The minimum atomic E-state index is -4.14. The summed E-state index contributed by atoms with van der Waals surface area (Å²) in [6.45, 7) is 2.13. The number of benzene rings is 1. The Morgan fingerprint density at radius 2 is 2.00 bits per heavy atom. The molecule has 8 heteroatoms. The van der Waals surface area contributed by atoms with Gasteiger partial charge < -0.3 is 10.4 Å². The van der Waals surface area contributed by atoms with Crippen molar-refractivity contribution in [2.24, 2.45) is 0 Å². The second-order valence-electron chi connectivity index (χ2n) is 4.06. The minimum absolute atomic E-state index is 0.328. The highest BCUT2D eigenvalue weighted by Crippen LogP contribution is 2.17. The van der Waals surface area contributed by atoms with Crippen LogP contribution in [0.25, 0.3) is 0 Å². The molecule has 20 heavy (non-hydrogen) atoms. The summed E-state index contributed by atoms with van der Waals surface area (Å²) in [7, 11) is -4.14. The second-order valence-corrected chi connectivity index (χ2v) is 6.02. The maximum atomic E-state index is 13.6. The van der Waals surface area contributed by atoms with Crippen LogP contribution in [0.15, 0.2) is 23.1 Å². The van der Waals surface area contributed by atoms with Crippen molar-refractivity contribution in [2.45, 2.75) is 18.2 Å². The van der Waals surface area contributed by atoms with E-state index in [4.69, 9.17) is 5.11 Å². The van der Waals surface area contributed by atoms with Gasteiger partial charge in [-0.15, -0.1) is 0 Å². The third-order valence-corrected chi connectivity index (χ3v) is 4.05. The number of rotatable bonds is 6. The molecular formula is C12H14FNO5S. The fourth-order valence-corrected chi connectivity index (χ4v) is 2.69. The topological polar surface area (TPSA) is 101 Å². The van der Waals surface area contributed by atoms with Gasteiger partial charge in [0.2, 0.25) is 5.91 Å². The summed E-state index contributed by atoms with van der Waals surface area (Å²) >= 11 is 0. The first-order valence-electron chi connectivity index (χ1n) is 5.80. The van der Waals surface area contributed by atoms with E-state index in [0.29, 0.717) is 19.0 Å². The highest BCUT2D eigenvalue weighted by molar-refractivity contribution is 7.92. The molecule has 0 bridgehead atoms. The summed E-state index contributed by atoms with van der Waals surface area (Å²) in [6.07, 6.45) is 0.646. The van der Waals surface area contributed by atoms with E-state index in [9.17, 15) is 22.4 Å². The van der Waals surface area contributed by atoms with Crippen LogP contribution in [0.3, 0.4) is 0 Å². The van der Waals surface area contributed by atoms with Gasteiger partial charge in [0.05, 0.1) is 5.56 Å². The maximum absolute atomic E-state index is 13.6. The Morgan fingerprint density at radius 3 is 2.50 bits per heavy atom. The number of carboxylic acids is 1. The number of hydrogen-bond acceptors (Lipinski definition) is 4. The van der Waals surface area contributed by atoms with Crippen molar-refractivity contribution >= 4 is 21.7 Å². The van der Waals surface area contributed by atoms with Gasteiger partial charge in [-0.3, -0.25) is 4.79 Å². The predicted octanol–water partition coefficient (Wildman–Crippen LogP) is 0.824. The van der Waals surface area contributed by atoms with Crippen molar-refractivity contribution in [3.63, 3.8) is 0 Å². The SMILES string of the molecule is CCCNC(=O)CS(=O)(=O)c1ccc(C(=O)O)cc1F. The van der Waals surface area contributed by atoms with E-state index in [2.05, 4.69) is 5.32 Å². The first-order valence-corrected chi connectivity index (χ1v) is 7.45. The normalized spacial score (nSPS) is 11.1. The van der Waals surface area contributed by atoms with E-state index in [1.165, 1.54) is 0 Å². The van der Waals surface area contributed by atoms with Gasteiger partial charge in [0, 0.05) is 6.54 Å². The number of aromatic carboxylic acids is 1. The van der Waals surface area contributed by atoms with Crippen molar-refractivity contribution in [3.05, 3.63) is 29.6 Å². The molecule has 1 aromatic rings. The molecule has 110 valence electrons. The van der Waals surface area contributed by atoms with Crippen LogP contribution in [-0.2, 0) is 14.6 Å². The molecule has 0 heterocycles. The summed E-state index contributed by atoms with van der Waals surface area (Å²) in [5, 5.41) is 11.0. The fourth-order valence-electron chi connectivity index (χ4n) is 1.45. The average Bonchev–Trinajstić information content (AvgIpc) is 2.35. The smallest absolute Gasteiger partial charge is 0.335 e. The second kappa shape index (κ2) is 6.47. The van der Waals surface area contributed by atoms with Crippen LogP contribution in [0.4, 0.5) is 4.39 Å². The molecule has 0 radical (unpaired) electrons. The predicted molar refractivity (Wildman–Crippen MR) is 68.7 cm³/mol. The summed E-state index contributed by atoms with van der Waals surface area (Å²) < 4.78 is 37.4. The van der Waals surface area contributed by atoms with Crippen molar-refractivity contribution in [1.29, 1.82) is 0 Å². The number of amides is 1. The Hall–Kier alpha value is -1.96. The number of hydrogen-bond donors (Lipinski definition) is 2. The molecule has 0 atom stereocenters. The Kier molecular flexibility index (Phi) is 5.20. The number of sulfone groups is 1. The van der Waals surface area contributed by atoms with E-state index < -0.39 is 38.2 Å². The van der Waals surface area contributed by atoms with Gasteiger partial charge in [0.25, 0.3) is 0 Å². The number of carboxylic acid groups (broad SMARTS) is 1. The lowest BCUT2D eigenvalue weighted by Gasteiger charge is -2.07. The van der Waals surface area contributed by atoms with Crippen LogP contribution in [-0.4, -0.2) is 37.7 Å². The van der Waals surface area contributed by atoms with Crippen LogP contribution in [0.2, 0.25) is 0 Å². The number of halogens is 1. The third-order valence-electron chi connectivity index (χ3n) is 2.41. The average molecular weight is 303 g/mol. The standard InChI is InChI=1S/C12H14FNO5S/c1-2-5-14-11(15)7-20(18,19)10-4-3-8(12(16)17)6-9(10)13/h3-4,6H,2,5,7H2,1H3,(H,14,15)(H,16,17). The van der Waals surface area contributed by atoms with Gasteiger partial charge in [0.15, 0.2) is 9.84 Å². The first kappa shape index (κ1) is 16.1. The molecule has 0 aromatic heterocycles. The van der Waals surface area contributed by atoms with E-state index >= 15 is 0 Å². The maximum Gasteiger partial charge on any atom is 0.335 e. The fraction of sp³-hybridized carbons (Fsp3) is 0.333. The van der Waals surface area contributed by atoms with Crippen molar-refractivity contribution in [1.82, 2.24) is 5.32 Å². The van der Waals surface area contributed by atoms with Gasteiger partial charge >= 0.3 is 5.97 Å². The first-order chi connectivity index (χ1) is 9.27. The Balaban J connectivity index is 2.98. The van der Waals surface area contributed by atoms with Gasteiger partial charge in [-0.1, -0.05) is 6.92 Å². The molecule has 1 rings (SSSR count). The van der Waals surface area contributed by atoms with E-state index in [-0.39, 0.29) is 5.56 Å². The summed E-state index contributed by atoms with van der Waals surface area (Å²) in [4.78, 5) is 21.3. The largest absolute Gasteiger partial charge is 0.478 e. The molecule has 0 unspecified atom stereocenters. The number of carbonyl (C=O) groups is 2. The minimum Gasteiger partial charge on any atom is -0.478 e. The molecule has 1 amide bonds. The van der Waals surface area contributed by atoms with E-state index in [1.54, 1.807) is 6.92 Å².